The van der Waals surface area contributed by atoms with Gasteiger partial charge in [-0.15, -0.1) is 0 Å². The fourth-order valence-corrected chi connectivity index (χ4v) is 3.77. The van der Waals surface area contributed by atoms with Crippen LogP contribution in [0.25, 0.3) is 0 Å². The molecule has 2 saturated heterocycles. The van der Waals surface area contributed by atoms with Crippen LogP contribution in [0.2, 0.25) is 0 Å². The minimum absolute atomic E-state index is 0.0384. The van der Waals surface area contributed by atoms with Crippen LogP contribution >= 0.6 is 15.9 Å². The molecule has 0 bridgehead atoms. The van der Waals surface area contributed by atoms with Crippen molar-refractivity contribution in [1.82, 2.24) is 10.2 Å². The van der Waals surface area contributed by atoms with Crippen molar-refractivity contribution in [2.24, 2.45) is 0 Å². The zero-order valence-corrected chi connectivity index (χ0v) is 13.2. The molecule has 20 heavy (non-hydrogen) atoms. The quantitative estimate of drug-likeness (QED) is 0.898. The minimum atomic E-state index is 0.0384. The van der Waals surface area contributed by atoms with E-state index in [-0.39, 0.29) is 12.1 Å². The molecule has 3 rings (SSSR count). The molecule has 2 atom stereocenters. The summed E-state index contributed by atoms with van der Waals surface area (Å²) in [5, 5.41) is 3.38. The van der Waals surface area contributed by atoms with Crippen LogP contribution in [0, 0.1) is 0 Å². The second-order valence-electron chi connectivity index (χ2n) is 5.75. The van der Waals surface area contributed by atoms with E-state index in [1.165, 1.54) is 18.4 Å². The van der Waals surface area contributed by atoms with Gasteiger partial charge in [0.25, 0.3) is 0 Å². The summed E-state index contributed by atoms with van der Waals surface area (Å²) >= 11 is 3.53. The van der Waals surface area contributed by atoms with E-state index in [2.05, 4.69) is 44.3 Å². The standard InChI is InChI=1S/C16H21BrN2O/c17-13-6-3-5-12(11-13)15-8-4-10-19(15)16(20)14-7-1-2-9-18-14/h3,5-6,11,14-15,18H,1-2,4,7-10H2. The van der Waals surface area contributed by atoms with Crippen molar-refractivity contribution in [2.75, 3.05) is 13.1 Å². The minimum Gasteiger partial charge on any atom is -0.334 e. The molecule has 2 heterocycles. The summed E-state index contributed by atoms with van der Waals surface area (Å²) in [5.41, 5.74) is 1.25. The number of piperidine rings is 1. The first kappa shape index (κ1) is 14.1. The average molecular weight is 337 g/mol. The van der Waals surface area contributed by atoms with Gasteiger partial charge in [-0.1, -0.05) is 34.5 Å². The predicted molar refractivity (Wildman–Crippen MR) is 83.5 cm³/mol. The van der Waals surface area contributed by atoms with Crippen molar-refractivity contribution in [3.8, 4) is 0 Å². The number of hydrogen-bond donors (Lipinski definition) is 1. The topological polar surface area (TPSA) is 32.3 Å². The molecule has 2 fully saturated rings. The summed E-state index contributed by atoms with van der Waals surface area (Å²) in [5.74, 6) is 0.298. The molecule has 1 aromatic carbocycles. The fourth-order valence-electron chi connectivity index (χ4n) is 3.35. The summed E-state index contributed by atoms with van der Waals surface area (Å²) in [6.07, 6.45) is 5.53. The van der Waals surface area contributed by atoms with Gasteiger partial charge in [-0.05, 0) is 49.9 Å². The number of benzene rings is 1. The number of likely N-dealkylation sites (tertiary alicyclic amines) is 1. The van der Waals surface area contributed by atoms with Crippen molar-refractivity contribution in [2.45, 2.75) is 44.2 Å². The van der Waals surface area contributed by atoms with E-state index in [9.17, 15) is 4.79 Å². The van der Waals surface area contributed by atoms with Crippen LogP contribution in [0.4, 0.5) is 0 Å². The molecule has 1 amide bonds. The van der Waals surface area contributed by atoms with Gasteiger partial charge in [-0.3, -0.25) is 4.79 Å². The average Bonchev–Trinajstić information content (AvgIpc) is 2.97. The summed E-state index contributed by atoms with van der Waals surface area (Å²) in [6.45, 7) is 1.87. The van der Waals surface area contributed by atoms with E-state index in [1.807, 2.05) is 6.07 Å². The first-order valence-electron chi connectivity index (χ1n) is 7.55. The Morgan fingerprint density at radius 3 is 2.90 bits per heavy atom. The molecular weight excluding hydrogens is 316 g/mol. The molecule has 1 aromatic rings. The Kier molecular flexibility index (Phi) is 4.41. The van der Waals surface area contributed by atoms with Gasteiger partial charge in [0.15, 0.2) is 0 Å². The van der Waals surface area contributed by atoms with Gasteiger partial charge in [-0.2, -0.15) is 0 Å². The summed E-state index contributed by atoms with van der Waals surface area (Å²) < 4.78 is 1.09. The van der Waals surface area contributed by atoms with Crippen molar-refractivity contribution in [3.63, 3.8) is 0 Å². The van der Waals surface area contributed by atoms with Crippen molar-refractivity contribution < 1.29 is 4.79 Å². The largest absolute Gasteiger partial charge is 0.334 e. The van der Waals surface area contributed by atoms with E-state index in [0.29, 0.717) is 5.91 Å². The lowest BCUT2D eigenvalue weighted by Gasteiger charge is -2.31. The summed E-state index contributed by atoms with van der Waals surface area (Å²) in [4.78, 5) is 14.8. The number of hydrogen-bond acceptors (Lipinski definition) is 2. The molecule has 4 heteroatoms. The third-order valence-corrected chi connectivity index (χ3v) is 4.87. The van der Waals surface area contributed by atoms with Crippen LogP contribution < -0.4 is 5.32 Å². The highest BCUT2D eigenvalue weighted by molar-refractivity contribution is 9.10. The second kappa shape index (κ2) is 6.27. The van der Waals surface area contributed by atoms with Gasteiger partial charge in [0, 0.05) is 11.0 Å². The smallest absolute Gasteiger partial charge is 0.240 e. The molecule has 0 spiro atoms. The van der Waals surface area contributed by atoms with Crippen LogP contribution in [0.5, 0.6) is 0 Å². The predicted octanol–water partition coefficient (Wildman–Crippen LogP) is 3.25. The number of rotatable bonds is 2. The van der Waals surface area contributed by atoms with Crippen LogP contribution in [-0.4, -0.2) is 29.9 Å². The van der Waals surface area contributed by atoms with E-state index < -0.39 is 0 Å². The number of amides is 1. The van der Waals surface area contributed by atoms with E-state index in [4.69, 9.17) is 0 Å². The molecule has 0 aliphatic carbocycles. The SMILES string of the molecule is O=C(C1CCCCN1)N1CCCC1c1cccc(Br)c1. The van der Waals surface area contributed by atoms with Gasteiger partial charge in [0.1, 0.15) is 0 Å². The van der Waals surface area contributed by atoms with Crippen molar-refractivity contribution >= 4 is 21.8 Å². The zero-order valence-electron chi connectivity index (χ0n) is 11.6. The van der Waals surface area contributed by atoms with Gasteiger partial charge in [0.05, 0.1) is 12.1 Å². The zero-order chi connectivity index (χ0) is 13.9. The lowest BCUT2D eigenvalue weighted by molar-refractivity contribution is -0.135. The molecule has 3 nitrogen and oxygen atoms in total. The number of carbonyl (C=O) groups excluding carboxylic acids is 1. The van der Waals surface area contributed by atoms with E-state index in [1.54, 1.807) is 0 Å². The van der Waals surface area contributed by atoms with Gasteiger partial charge < -0.3 is 10.2 Å². The first-order valence-corrected chi connectivity index (χ1v) is 8.34. The summed E-state index contributed by atoms with van der Waals surface area (Å²) in [7, 11) is 0. The Balaban J connectivity index is 1.76. The van der Waals surface area contributed by atoms with Crippen molar-refractivity contribution in [3.05, 3.63) is 34.3 Å². The maximum absolute atomic E-state index is 12.7. The van der Waals surface area contributed by atoms with Crippen molar-refractivity contribution in [1.29, 1.82) is 0 Å². The number of nitrogens with one attached hydrogen (secondary N) is 1. The maximum atomic E-state index is 12.7. The van der Waals surface area contributed by atoms with Gasteiger partial charge in [-0.25, -0.2) is 0 Å². The molecule has 2 aliphatic heterocycles. The monoisotopic (exact) mass is 336 g/mol. The Bertz CT molecular complexity index is 485. The molecule has 2 unspecified atom stereocenters. The first-order chi connectivity index (χ1) is 9.75. The lowest BCUT2D eigenvalue weighted by atomic mass is 10.0. The molecular formula is C16H21BrN2O. The van der Waals surface area contributed by atoms with Crippen LogP contribution in [-0.2, 0) is 4.79 Å². The number of halogens is 1. The molecule has 0 aromatic heterocycles. The Morgan fingerprint density at radius 1 is 1.25 bits per heavy atom. The number of carbonyl (C=O) groups is 1. The second-order valence-corrected chi connectivity index (χ2v) is 6.66. The molecule has 1 N–H and O–H groups in total. The maximum Gasteiger partial charge on any atom is 0.240 e. The number of nitrogens with zero attached hydrogens (tertiary/aromatic N) is 1. The molecule has 108 valence electrons. The van der Waals surface area contributed by atoms with E-state index >= 15 is 0 Å². The molecule has 2 aliphatic rings. The molecule has 0 radical (unpaired) electrons. The van der Waals surface area contributed by atoms with Crippen LogP contribution in [0.15, 0.2) is 28.7 Å². The highest BCUT2D eigenvalue weighted by Crippen LogP contribution is 2.34. The Morgan fingerprint density at radius 2 is 2.15 bits per heavy atom. The Hall–Kier alpha value is -0.870. The van der Waals surface area contributed by atoms with E-state index in [0.717, 1.165) is 36.8 Å². The molecule has 0 saturated carbocycles. The Labute approximate surface area is 128 Å². The van der Waals surface area contributed by atoms with Gasteiger partial charge in [0.2, 0.25) is 5.91 Å². The third-order valence-electron chi connectivity index (χ3n) is 4.38. The van der Waals surface area contributed by atoms with Crippen LogP contribution in [0.3, 0.4) is 0 Å². The third kappa shape index (κ3) is 2.91. The highest BCUT2D eigenvalue weighted by atomic mass is 79.9. The lowest BCUT2D eigenvalue weighted by Crippen LogP contribution is -2.48. The fraction of sp³-hybridized carbons (Fsp3) is 0.562. The van der Waals surface area contributed by atoms with Crippen LogP contribution in [0.1, 0.15) is 43.7 Å². The normalized spacial score (nSPS) is 26.8. The highest BCUT2D eigenvalue weighted by Gasteiger charge is 2.34. The van der Waals surface area contributed by atoms with Gasteiger partial charge >= 0.3 is 0 Å². The summed E-state index contributed by atoms with van der Waals surface area (Å²) in [6, 6.07) is 8.66.